The van der Waals surface area contributed by atoms with Crippen molar-refractivity contribution in [3.05, 3.63) is 0 Å². The standard InChI is InChI=1S/C12H23NO2/c1-5-11-7-6-10(4)13(11)8-12(14)15-9(2)3/h9-11H,5-8H2,1-4H3. The molecule has 15 heavy (non-hydrogen) atoms. The smallest absolute Gasteiger partial charge is 0.320 e. The molecule has 3 nitrogen and oxygen atoms in total. The van der Waals surface area contributed by atoms with E-state index in [4.69, 9.17) is 4.74 Å². The zero-order valence-electron chi connectivity index (χ0n) is 10.3. The Morgan fingerprint density at radius 3 is 2.67 bits per heavy atom. The number of esters is 1. The molecule has 0 aromatic rings. The van der Waals surface area contributed by atoms with Gasteiger partial charge in [0.25, 0.3) is 0 Å². The second kappa shape index (κ2) is 5.50. The first-order valence-corrected chi connectivity index (χ1v) is 5.99. The molecular weight excluding hydrogens is 190 g/mol. The summed E-state index contributed by atoms with van der Waals surface area (Å²) in [4.78, 5) is 13.8. The number of carbonyl (C=O) groups is 1. The van der Waals surface area contributed by atoms with Crippen LogP contribution < -0.4 is 0 Å². The van der Waals surface area contributed by atoms with Crippen LogP contribution in [0.2, 0.25) is 0 Å². The Bertz CT molecular complexity index is 216. The summed E-state index contributed by atoms with van der Waals surface area (Å²) in [6.07, 6.45) is 3.54. The van der Waals surface area contributed by atoms with Crippen molar-refractivity contribution >= 4 is 5.97 Å². The van der Waals surface area contributed by atoms with Crippen LogP contribution in [-0.4, -0.2) is 35.6 Å². The van der Waals surface area contributed by atoms with Crippen molar-refractivity contribution in [2.24, 2.45) is 0 Å². The SMILES string of the molecule is CCC1CCC(C)N1CC(=O)OC(C)C. The lowest BCUT2D eigenvalue weighted by Gasteiger charge is -2.26. The largest absolute Gasteiger partial charge is 0.462 e. The van der Waals surface area contributed by atoms with E-state index in [1.165, 1.54) is 12.8 Å². The normalized spacial score (nSPS) is 27.3. The minimum Gasteiger partial charge on any atom is -0.462 e. The van der Waals surface area contributed by atoms with Gasteiger partial charge in [-0.2, -0.15) is 0 Å². The van der Waals surface area contributed by atoms with Crippen molar-refractivity contribution in [1.29, 1.82) is 0 Å². The Balaban J connectivity index is 2.44. The first kappa shape index (κ1) is 12.5. The minimum atomic E-state index is -0.0859. The van der Waals surface area contributed by atoms with Crippen molar-refractivity contribution in [3.63, 3.8) is 0 Å². The molecule has 2 unspecified atom stereocenters. The molecule has 0 spiro atoms. The van der Waals surface area contributed by atoms with Gasteiger partial charge in [0.1, 0.15) is 0 Å². The molecule has 0 N–H and O–H groups in total. The van der Waals surface area contributed by atoms with Gasteiger partial charge in [-0.3, -0.25) is 9.69 Å². The topological polar surface area (TPSA) is 29.5 Å². The molecule has 0 aliphatic carbocycles. The summed E-state index contributed by atoms with van der Waals surface area (Å²) in [6.45, 7) is 8.62. The minimum absolute atomic E-state index is 0.00418. The lowest BCUT2D eigenvalue weighted by atomic mass is 10.1. The average Bonchev–Trinajstić information content (AvgIpc) is 2.46. The fourth-order valence-corrected chi connectivity index (χ4v) is 2.30. The third-order valence-corrected chi connectivity index (χ3v) is 3.10. The van der Waals surface area contributed by atoms with Crippen molar-refractivity contribution < 1.29 is 9.53 Å². The summed E-state index contributed by atoms with van der Waals surface area (Å²) < 4.78 is 5.17. The van der Waals surface area contributed by atoms with Gasteiger partial charge < -0.3 is 4.74 Å². The highest BCUT2D eigenvalue weighted by Crippen LogP contribution is 2.25. The summed E-state index contributed by atoms with van der Waals surface area (Å²) in [5.74, 6) is -0.0859. The predicted octanol–water partition coefficient (Wildman–Crippen LogP) is 2.20. The van der Waals surface area contributed by atoms with Gasteiger partial charge in [0.2, 0.25) is 0 Å². The van der Waals surface area contributed by atoms with Gasteiger partial charge in [-0.15, -0.1) is 0 Å². The molecule has 0 bridgehead atoms. The highest BCUT2D eigenvalue weighted by Gasteiger charge is 2.30. The summed E-state index contributed by atoms with van der Waals surface area (Å²) in [7, 11) is 0. The molecule has 1 aliphatic rings. The van der Waals surface area contributed by atoms with Crippen LogP contribution in [-0.2, 0) is 9.53 Å². The lowest BCUT2D eigenvalue weighted by molar-refractivity contribution is -0.149. The van der Waals surface area contributed by atoms with Gasteiger partial charge in [-0.25, -0.2) is 0 Å². The highest BCUT2D eigenvalue weighted by atomic mass is 16.5. The quantitative estimate of drug-likeness (QED) is 0.670. The Morgan fingerprint density at radius 2 is 2.13 bits per heavy atom. The monoisotopic (exact) mass is 213 g/mol. The molecule has 88 valence electrons. The molecule has 0 saturated carbocycles. The number of nitrogens with zero attached hydrogens (tertiary/aromatic N) is 1. The lowest BCUT2D eigenvalue weighted by Crippen LogP contribution is -2.39. The predicted molar refractivity (Wildman–Crippen MR) is 60.7 cm³/mol. The third-order valence-electron chi connectivity index (χ3n) is 3.10. The molecule has 0 amide bonds. The van der Waals surface area contributed by atoms with Crippen molar-refractivity contribution in [3.8, 4) is 0 Å². The zero-order valence-corrected chi connectivity index (χ0v) is 10.3. The van der Waals surface area contributed by atoms with Gasteiger partial charge in [0, 0.05) is 12.1 Å². The van der Waals surface area contributed by atoms with Crippen LogP contribution in [0.4, 0.5) is 0 Å². The van der Waals surface area contributed by atoms with E-state index in [2.05, 4.69) is 18.7 Å². The Hall–Kier alpha value is -0.570. The highest BCUT2D eigenvalue weighted by molar-refractivity contribution is 5.72. The van der Waals surface area contributed by atoms with Gasteiger partial charge >= 0.3 is 5.97 Å². The van der Waals surface area contributed by atoms with E-state index in [1.54, 1.807) is 0 Å². The average molecular weight is 213 g/mol. The Kier molecular flexibility index (Phi) is 4.58. The number of hydrogen-bond acceptors (Lipinski definition) is 3. The maximum Gasteiger partial charge on any atom is 0.320 e. The van der Waals surface area contributed by atoms with E-state index in [-0.39, 0.29) is 12.1 Å². The number of ether oxygens (including phenoxy) is 1. The maximum atomic E-state index is 11.6. The van der Waals surface area contributed by atoms with Crippen molar-refractivity contribution in [2.45, 2.75) is 65.1 Å². The number of likely N-dealkylation sites (tertiary alicyclic amines) is 1. The first-order chi connectivity index (χ1) is 7.04. The van der Waals surface area contributed by atoms with Crippen LogP contribution in [0.15, 0.2) is 0 Å². The van der Waals surface area contributed by atoms with Crippen LogP contribution in [0.5, 0.6) is 0 Å². The van der Waals surface area contributed by atoms with Crippen LogP contribution in [0, 0.1) is 0 Å². The van der Waals surface area contributed by atoms with Crippen LogP contribution in [0.25, 0.3) is 0 Å². The first-order valence-electron chi connectivity index (χ1n) is 5.99. The molecule has 1 rings (SSSR count). The van der Waals surface area contributed by atoms with E-state index in [0.29, 0.717) is 18.6 Å². The Morgan fingerprint density at radius 1 is 1.47 bits per heavy atom. The summed E-state index contributed by atoms with van der Waals surface area (Å²) in [5.41, 5.74) is 0. The van der Waals surface area contributed by atoms with E-state index in [0.717, 1.165) is 6.42 Å². The van der Waals surface area contributed by atoms with Crippen LogP contribution >= 0.6 is 0 Å². The van der Waals surface area contributed by atoms with E-state index in [9.17, 15) is 4.79 Å². The Labute approximate surface area is 92.8 Å². The molecule has 1 fully saturated rings. The number of carbonyl (C=O) groups excluding carboxylic acids is 1. The molecule has 1 saturated heterocycles. The second-order valence-corrected chi connectivity index (χ2v) is 4.70. The number of hydrogen-bond donors (Lipinski definition) is 0. The molecule has 1 aliphatic heterocycles. The molecule has 3 heteroatoms. The fourth-order valence-electron chi connectivity index (χ4n) is 2.30. The number of rotatable bonds is 4. The molecule has 0 aromatic carbocycles. The van der Waals surface area contributed by atoms with E-state index < -0.39 is 0 Å². The van der Waals surface area contributed by atoms with Gasteiger partial charge in [-0.05, 0) is 40.0 Å². The second-order valence-electron chi connectivity index (χ2n) is 4.70. The van der Waals surface area contributed by atoms with Crippen molar-refractivity contribution in [2.75, 3.05) is 6.54 Å². The summed E-state index contributed by atoms with van der Waals surface area (Å²) >= 11 is 0. The fraction of sp³-hybridized carbons (Fsp3) is 0.917. The maximum absolute atomic E-state index is 11.6. The van der Waals surface area contributed by atoms with E-state index in [1.807, 2.05) is 13.8 Å². The molecule has 2 atom stereocenters. The third kappa shape index (κ3) is 3.49. The summed E-state index contributed by atoms with van der Waals surface area (Å²) in [6, 6.07) is 1.09. The van der Waals surface area contributed by atoms with E-state index >= 15 is 0 Å². The van der Waals surface area contributed by atoms with Gasteiger partial charge in [0.05, 0.1) is 12.6 Å². The van der Waals surface area contributed by atoms with Gasteiger partial charge in [-0.1, -0.05) is 6.92 Å². The molecule has 0 radical (unpaired) electrons. The zero-order chi connectivity index (χ0) is 11.4. The van der Waals surface area contributed by atoms with Crippen LogP contribution in [0.3, 0.4) is 0 Å². The van der Waals surface area contributed by atoms with Crippen molar-refractivity contribution in [1.82, 2.24) is 4.90 Å². The van der Waals surface area contributed by atoms with Crippen LogP contribution in [0.1, 0.15) is 47.0 Å². The molecule has 0 aromatic heterocycles. The summed E-state index contributed by atoms with van der Waals surface area (Å²) in [5, 5.41) is 0. The molecule has 1 heterocycles. The molecular formula is C12H23NO2. The van der Waals surface area contributed by atoms with Gasteiger partial charge in [0.15, 0.2) is 0 Å².